The fraction of sp³-hybridized carbons (Fsp3) is 0.600. The van der Waals surface area contributed by atoms with E-state index in [1.807, 2.05) is 3.66 Å². The third kappa shape index (κ3) is 9.76. The van der Waals surface area contributed by atoms with Crippen molar-refractivity contribution in [1.82, 2.24) is 0 Å². The van der Waals surface area contributed by atoms with Crippen LogP contribution in [-0.4, -0.2) is 69.4 Å². The minimum absolute atomic E-state index is 0.926. The topological polar surface area (TPSA) is 28.3 Å². The van der Waals surface area contributed by atoms with Gasteiger partial charge in [0.15, 0.2) is 0 Å². The monoisotopic (exact) mass is 620 g/mol. The molecule has 0 amide bonds. The number of aliphatic imine (C=N–C) groups is 1. The molecule has 237 valence electrons. The van der Waals surface area contributed by atoms with Gasteiger partial charge < -0.3 is 0 Å². The van der Waals surface area contributed by atoms with E-state index in [9.17, 15) is 0 Å². The van der Waals surface area contributed by atoms with E-state index < -0.39 is 0 Å². The van der Waals surface area contributed by atoms with Crippen LogP contribution in [0.4, 0.5) is 34.1 Å². The molecule has 42 heavy (non-hydrogen) atoms. The zero-order valence-electron chi connectivity index (χ0n) is 28.2. The molecule has 0 saturated carbocycles. The number of anilines is 4. The summed E-state index contributed by atoms with van der Waals surface area (Å²) in [5.41, 5.74) is 9.01. The fourth-order valence-corrected chi connectivity index (χ4v) is 5.44. The zero-order valence-corrected chi connectivity index (χ0v) is 29.2. The van der Waals surface area contributed by atoms with Gasteiger partial charge >= 0.3 is 267 Å². The van der Waals surface area contributed by atoms with E-state index >= 15 is 0 Å². The van der Waals surface area contributed by atoms with Crippen molar-refractivity contribution in [1.29, 1.82) is 0 Å². The molecule has 2 aromatic carbocycles. The number of hydrogen-bond acceptors (Lipinski definition) is 5. The normalized spacial score (nSPS) is 12.3. The first-order valence-electron chi connectivity index (χ1n) is 16.1. The third-order valence-corrected chi connectivity index (χ3v) is 8.89. The Balaban J connectivity index is 2.60. The molecule has 0 aliphatic heterocycles. The van der Waals surface area contributed by atoms with Crippen molar-refractivity contribution in [3.8, 4) is 0 Å². The van der Waals surface area contributed by atoms with Crippen molar-refractivity contribution in [2.24, 2.45) is 4.99 Å². The molecule has 0 saturated heterocycles. The molecule has 7 heteroatoms. The fourth-order valence-electron chi connectivity index (χ4n) is 5.04. The second-order valence-electron chi connectivity index (χ2n) is 11.3. The maximum atomic E-state index is 5.79. The average Bonchev–Trinajstić information content (AvgIpc) is 3.02. The molecule has 0 atom stereocenters. The van der Waals surface area contributed by atoms with Gasteiger partial charge in [-0.05, 0) is 0 Å². The Labute approximate surface area is 266 Å². The molecule has 0 N–H and O–H groups in total. The first-order chi connectivity index (χ1) is 20.1. The Morgan fingerprint density at radius 1 is 0.643 bits per heavy atom. The van der Waals surface area contributed by atoms with Gasteiger partial charge in [-0.3, -0.25) is 0 Å². The maximum absolute atomic E-state index is 5.79. The molecular weight excluding hydrogens is 563 g/mol. The molecule has 0 unspecified atom stereocenters. The van der Waals surface area contributed by atoms with E-state index in [4.69, 9.17) is 20.7 Å². The molecule has 0 aliphatic carbocycles. The Hall–Kier alpha value is -2.53. The second kappa shape index (κ2) is 18.2. The molecule has 0 bridgehead atoms. The van der Waals surface area contributed by atoms with Gasteiger partial charge in [-0.1, -0.05) is 0 Å². The van der Waals surface area contributed by atoms with Crippen molar-refractivity contribution in [2.45, 2.75) is 86.5 Å². The van der Waals surface area contributed by atoms with Gasteiger partial charge in [-0.2, -0.15) is 0 Å². The Morgan fingerprint density at radius 2 is 1.12 bits per heavy atom. The molecule has 0 fully saturated rings. The molecule has 2 rings (SSSR count). The predicted octanol–water partition coefficient (Wildman–Crippen LogP) is 8.60. The Morgan fingerprint density at radius 3 is 1.67 bits per heavy atom. The van der Waals surface area contributed by atoms with Crippen LogP contribution in [-0.2, 0) is 15.7 Å². The van der Waals surface area contributed by atoms with Crippen LogP contribution in [0.5, 0.6) is 0 Å². The standard InChI is InChI=1S/C35H58N6.Ni/c1-11-16-17-18-19-20-21-31(37-30-23-25-33(39(8)13-3)35(27-30)41(10)15-5)28(6)36-29-22-24-32(38(7)12-2)34(26-29)40(9)14-4;/h22-27H,11-21H2,1-10H3;/q;+1. The van der Waals surface area contributed by atoms with Crippen molar-refractivity contribution in [2.75, 3.05) is 74.0 Å². The molecule has 0 spiro atoms. The molecule has 0 radical (unpaired) electrons. The summed E-state index contributed by atoms with van der Waals surface area (Å²) in [6.07, 6.45) is 8.44. The number of unbranched alkanes of at least 4 members (excludes halogenated alkanes) is 5. The Kier molecular flexibility index (Phi) is 15.5. The molecule has 0 aromatic heterocycles. The number of hydrogen-bond donors (Lipinski definition) is 0. The first-order valence-corrected chi connectivity index (χ1v) is 16.5. The zero-order chi connectivity index (χ0) is 31.2. The van der Waals surface area contributed by atoms with Crippen molar-refractivity contribution < 1.29 is 19.3 Å². The Bertz CT molecular complexity index is 1170. The number of rotatable bonds is 18. The van der Waals surface area contributed by atoms with Crippen LogP contribution >= 0.6 is 0 Å². The van der Waals surface area contributed by atoms with Gasteiger partial charge in [0.25, 0.3) is 0 Å². The summed E-state index contributed by atoms with van der Waals surface area (Å²) in [4.78, 5) is 14.4. The first kappa shape index (κ1) is 35.7. The van der Waals surface area contributed by atoms with E-state index in [-0.39, 0.29) is 0 Å². The summed E-state index contributed by atoms with van der Waals surface area (Å²) in [7, 11) is 8.60. The molecule has 2 aromatic rings. The summed E-state index contributed by atoms with van der Waals surface area (Å²) in [5.74, 6) is 0. The summed E-state index contributed by atoms with van der Waals surface area (Å²) in [6.45, 7) is 16.9. The summed E-state index contributed by atoms with van der Waals surface area (Å²) in [6, 6.07) is 13.2. The van der Waals surface area contributed by atoms with E-state index in [1.54, 1.807) is 0 Å². The molecule has 6 nitrogen and oxygen atoms in total. The summed E-state index contributed by atoms with van der Waals surface area (Å²) >= 11 is 5.79. The third-order valence-electron chi connectivity index (χ3n) is 8.37. The van der Waals surface area contributed by atoms with Crippen LogP contribution in [0.3, 0.4) is 0 Å². The van der Waals surface area contributed by atoms with Gasteiger partial charge in [-0.25, -0.2) is 0 Å². The quantitative estimate of drug-likeness (QED) is 0.0947. The number of benzene rings is 2. The van der Waals surface area contributed by atoms with Crippen molar-refractivity contribution in [3.05, 3.63) is 36.4 Å². The van der Waals surface area contributed by atoms with Gasteiger partial charge in [-0.15, -0.1) is 0 Å². The van der Waals surface area contributed by atoms with Gasteiger partial charge in [0, 0.05) is 0 Å². The van der Waals surface area contributed by atoms with Crippen LogP contribution < -0.4 is 19.6 Å². The SMILES string of the molecule is CCCCCCCCC(C(C)=Nc1ccc(N(C)CC)c(N(C)CC)c1)=[N+]([Ni])c1ccc(N(C)CC)c(N(C)CC)c1. The van der Waals surface area contributed by atoms with Crippen LogP contribution in [0.2, 0.25) is 0 Å². The van der Waals surface area contributed by atoms with Gasteiger partial charge in [0.05, 0.1) is 0 Å². The van der Waals surface area contributed by atoms with Crippen LogP contribution in [0.1, 0.15) is 86.5 Å². The second-order valence-corrected chi connectivity index (χ2v) is 11.8. The molecular formula is C35H58N6Ni+. The van der Waals surface area contributed by atoms with Gasteiger partial charge in [0.2, 0.25) is 0 Å². The van der Waals surface area contributed by atoms with E-state index in [1.165, 1.54) is 54.9 Å². The number of nitrogens with zero attached hydrogens (tertiary/aromatic N) is 6. The van der Waals surface area contributed by atoms with E-state index in [0.717, 1.165) is 61.8 Å². The molecule has 0 heterocycles. The van der Waals surface area contributed by atoms with Crippen molar-refractivity contribution >= 4 is 45.5 Å². The van der Waals surface area contributed by atoms with Gasteiger partial charge in [0.1, 0.15) is 0 Å². The average molecular weight is 622 g/mol. The van der Waals surface area contributed by atoms with Crippen molar-refractivity contribution in [3.63, 3.8) is 0 Å². The summed E-state index contributed by atoms with van der Waals surface area (Å²) in [5, 5.41) is 0. The minimum atomic E-state index is 0.926. The van der Waals surface area contributed by atoms with E-state index in [0.29, 0.717) is 0 Å². The van der Waals surface area contributed by atoms with E-state index in [2.05, 4.69) is 126 Å². The predicted molar refractivity (Wildman–Crippen MR) is 184 cm³/mol. The van der Waals surface area contributed by atoms with Crippen LogP contribution in [0, 0.1) is 0 Å². The molecule has 0 aliphatic rings. The van der Waals surface area contributed by atoms with Crippen LogP contribution in [0.25, 0.3) is 0 Å². The summed E-state index contributed by atoms with van der Waals surface area (Å²) < 4.78 is 2.01. The van der Waals surface area contributed by atoms with Crippen LogP contribution in [0.15, 0.2) is 41.4 Å².